The zero-order valence-corrected chi connectivity index (χ0v) is 12.5. The molecular weight excluding hydrogens is 286 g/mol. The van der Waals surface area contributed by atoms with Gasteiger partial charge in [-0.1, -0.05) is 66.7 Å². The molecule has 4 aromatic rings. The molecule has 3 nitrogen and oxygen atoms in total. The van der Waals surface area contributed by atoms with E-state index in [1.807, 2.05) is 78.9 Å². The second kappa shape index (κ2) is 5.61. The van der Waals surface area contributed by atoms with Crippen LogP contribution in [0.2, 0.25) is 0 Å². The number of carbonyl (C=O) groups excluding carboxylic acids is 1. The number of nitrogens with zero attached hydrogens (tertiary/aromatic N) is 1. The van der Waals surface area contributed by atoms with Crippen molar-refractivity contribution in [2.24, 2.45) is 0 Å². The van der Waals surface area contributed by atoms with E-state index in [0.29, 0.717) is 0 Å². The number of fused-ring (bicyclic) bond motifs is 3. The maximum atomic E-state index is 12.6. The van der Waals surface area contributed by atoms with Crippen LogP contribution in [-0.2, 0) is 11.3 Å². The molecule has 0 saturated carbocycles. The van der Waals surface area contributed by atoms with Crippen LogP contribution in [0, 0.1) is 0 Å². The second-order valence-electron chi connectivity index (χ2n) is 5.41. The summed E-state index contributed by atoms with van der Waals surface area (Å²) in [7, 11) is 0. The van der Waals surface area contributed by atoms with E-state index in [4.69, 9.17) is 4.74 Å². The fourth-order valence-electron chi connectivity index (χ4n) is 2.90. The van der Waals surface area contributed by atoms with Crippen molar-refractivity contribution in [3.8, 4) is 0 Å². The molecule has 4 rings (SSSR count). The van der Waals surface area contributed by atoms with Crippen molar-refractivity contribution in [2.75, 3.05) is 0 Å². The molecule has 0 fully saturated rings. The molecule has 1 aromatic heterocycles. The Morgan fingerprint density at radius 2 is 1.26 bits per heavy atom. The Hall–Kier alpha value is -3.07. The number of ether oxygens (including phenoxy) is 1. The lowest BCUT2D eigenvalue weighted by Gasteiger charge is -2.08. The molecule has 0 spiro atoms. The Labute approximate surface area is 133 Å². The topological polar surface area (TPSA) is 31.2 Å². The Morgan fingerprint density at radius 1 is 0.739 bits per heavy atom. The van der Waals surface area contributed by atoms with Crippen molar-refractivity contribution in [2.45, 2.75) is 6.61 Å². The number of rotatable bonds is 2. The van der Waals surface area contributed by atoms with Crippen LogP contribution in [0.3, 0.4) is 0 Å². The lowest BCUT2D eigenvalue weighted by Crippen LogP contribution is -2.13. The summed E-state index contributed by atoms with van der Waals surface area (Å²) >= 11 is 0. The van der Waals surface area contributed by atoms with Crippen LogP contribution in [0.5, 0.6) is 0 Å². The molecule has 0 radical (unpaired) electrons. The van der Waals surface area contributed by atoms with Gasteiger partial charge < -0.3 is 4.74 Å². The lowest BCUT2D eigenvalue weighted by atomic mass is 10.2. The molecule has 0 saturated heterocycles. The molecule has 3 heteroatoms. The number of hydrogen-bond acceptors (Lipinski definition) is 2. The fraction of sp³-hybridized carbons (Fsp3) is 0.0500. The second-order valence-corrected chi connectivity index (χ2v) is 5.41. The van der Waals surface area contributed by atoms with Gasteiger partial charge in [0.2, 0.25) is 0 Å². The number of para-hydroxylation sites is 2. The Morgan fingerprint density at radius 3 is 1.87 bits per heavy atom. The highest BCUT2D eigenvalue weighted by atomic mass is 16.5. The van der Waals surface area contributed by atoms with Crippen LogP contribution >= 0.6 is 0 Å². The van der Waals surface area contributed by atoms with E-state index in [9.17, 15) is 4.79 Å². The largest absolute Gasteiger partial charge is 0.444 e. The molecule has 0 aliphatic rings. The van der Waals surface area contributed by atoms with Crippen LogP contribution in [0.1, 0.15) is 5.56 Å². The zero-order chi connectivity index (χ0) is 15.6. The summed E-state index contributed by atoms with van der Waals surface area (Å²) < 4.78 is 7.16. The minimum absolute atomic E-state index is 0.264. The van der Waals surface area contributed by atoms with E-state index < -0.39 is 0 Å². The molecule has 23 heavy (non-hydrogen) atoms. The van der Waals surface area contributed by atoms with Crippen LogP contribution in [0.15, 0.2) is 78.9 Å². The van der Waals surface area contributed by atoms with E-state index in [2.05, 4.69) is 0 Å². The molecule has 1 heterocycles. The highest BCUT2D eigenvalue weighted by Gasteiger charge is 2.16. The maximum Gasteiger partial charge on any atom is 0.419 e. The smallest absolute Gasteiger partial charge is 0.419 e. The van der Waals surface area contributed by atoms with Gasteiger partial charge in [-0.3, -0.25) is 0 Å². The van der Waals surface area contributed by atoms with Crippen molar-refractivity contribution >= 4 is 27.9 Å². The van der Waals surface area contributed by atoms with Gasteiger partial charge in [0.05, 0.1) is 11.0 Å². The lowest BCUT2D eigenvalue weighted by molar-refractivity contribution is 0.143. The summed E-state index contributed by atoms with van der Waals surface area (Å²) in [4.78, 5) is 12.6. The van der Waals surface area contributed by atoms with Gasteiger partial charge in [0.1, 0.15) is 6.61 Å². The molecule has 0 bridgehead atoms. The average molecular weight is 301 g/mol. The molecular formula is C20H15NO2. The molecule has 0 aliphatic heterocycles. The van der Waals surface area contributed by atoms with Crippen molar-refractivity contribution in [1.82, 2.24) is 4.57 Å². The van der Waals surface area contributed by atoms with Gasteiger partial charge in [-0.2, -0.15) is 0 Å². The van der Waals surface area contributed by atoms with Crippen LogP contribution in [0.4, 0.5) is 4.79 Å². The van der Waals surface area contributed by atoms with Crippen LogP contribution in [0.25, 0.3) is 21.8 Å². The van der Waals surface area contributed by atoms with Gasteiger partial charge in [0.25, 0.3) is 0 Å². The Kier molecular flexibility index (Phi) is 3.31. The number of benzene rings is 3. The summed E-state index contributed by atoms with van der Waals surface area (Å²) in [5.41, 5.74) is 2.71. The van der Waals surface area contributed by atoms with E-state index in [1.165, 1.54) is 0 Å². The first-order valence-electron chi connectivity index (χ1n) is 7.54. The van der Waals surface area contributed by atoms with Gasteiger partial charge in [0.15, 0.2) is 0 Å². The van der Waals surface area contributed by atoms with Gasteiger partial charge >= 0.3 is 6.09 Å². The maximum absolute atomic E-state index is 12.6. The number of hydrogen-bond donors (Lipinski definition) is 0. The minimum Gasteiger partial charge on any atom is -0.444 e. The molecule has 0 N–H and O–H groups in total. The summed E-state index contributed by atoms with van der Waals surface area (Å²) in [6.07, 6.45) is -0.355. The molecule has 0 amide bonds. The quantitative estimate of drug-likeness (QED) is 0.523. The van der Waals surface area contributed by atoms with Gasteiger partial charge in [-0.25, -0.2) is 9.36 Å². The first-order valence-corrected chi connectivity index (χ1v) is 7.54. The van der Waals surface area contributed by atoms with Crippen molar-refractivity contribution in [3.63, 3.8) is 0 Å². The summed E-state index contributed by atoms with van der Waals surface area (Å²) in [6.45, 7) is 0.264. The normalized spacial score (nSPS) is 11.0. The average Bonchev–Trinajstić information content (AvgIpc) is 2.95. The van der Waals surface area contributed by atoms with Gasteiger partial charge in [-0.05, 0) is 17.7 Å². The van der Waals surface area contributed by atoms with Crippen molar-refractivity contribution in [3.05, 3.63) is 84.4 Å². The SMILES string of the molecule is O=C(OCc1ccccc1)n1c2ccccc2c2ccccc21. The van der Waals surface area contributed by atoms with Crippen molar-refractivity contribution < 1.29 is 9.53 Å². The van der Waals surface area contributed by atoms with E-state index in [0.717, 1.165) is 27.4 Å². The van der Waals surface area contributed by atoms with Gasteiger partial charge in [-0.15, -0.1) is 0 Å². The highest BCUT2D eigenvalue weighted by Crippen LogP contribution is 2.28. The zero-order valence-electron chi connectivity index (χ0n) is 12.5. The summed E-state index contributed by atoms with van der Waals surface area (Å²) in [5.74, 6) is 0. The monoisotopic (exact) mass is 301 g/mol. The third kappa shape index (κ3) is 2.36. The number of carbonyl (C=O) groups is 1. The first-order chi connectivity index (χ1) is 11.3. The molecule has 112 valence electrons. The van der Waals surface area contributed by atoms with Crippen molar-refractivity contribution in [1.29, 1.82) is 0 Å². The summed E-state index contributed by atoms with van der Waals surface area (Å²) in [6, 6.07) is 25.5. The molecule has 3 aromatic carbocycles. The molecule has 0 unspecified atom stereocenters. The third-order valence-electron chi connectivity index (χ3n) is 3.97. The molecule has 0 aliphatic carbocycles. The molecule has 0 atom stereocenters. The van der Waals surface area contributed by atoms with Crippen LogP contribution < -0.4 is 0 Å². The van der Waals surface area contributed by atoms with E-state index >= 15 is 0 Å². The third-order valence-corrected chi connectivity index (χ3v) is 3.97. The van der Waals surface area contributed by atoms with Gasteiger partial charge in [0, 0.05) is 10.8 Å². The van der Waals surface area contributed by atoms with E-state index in [-0.39, 0.29) is 12.7 Å². The minimum atomic E-state index is -0.355. The standard InChI is InChI=1S/C20H15NO2/c22-20(23-14-15-8-2-1-3-9-15)21-18-12-6-4-10-16(18)17-11-5-7-13-19(17)21/h1-13H,14H2. The Balaban J connectivity index is 1.76. The predicted molar refractivity (Wildman–Crippen MR) is 91.5 cm³/mol. The number of aromatic nitrogens is 1. The predicted octanol–water partition coefficient (Wildman–Crippen LogP) is 4.98. The Bertz CT molecular complexity index is 933. The highest BCUT2D eigenvalue weighted by molar-refractivity contribution is 6.12. The summed E-state index contributed by atoms with van der Waals surface area (Å²) in [5, 5.41) is 2.11. The fourth-order valence-corrected chi connectivity index (χ4v) is 2.90. The first kappa shape index (κ1) is 13.6. The van der Waals surface area contributed by atoms with E-state index in [1.54, 1.807) is 4.57 Å². The van der Waals surface area contributed by atoms with Crippen LogP contribution in [-0.4, -0.2) is 10.7 Å².